The lowest BCUT2D eigenvalue weighted by Crippen LogP contribution is -1.94. The second-order valence-electron chi connectivity index (χ2n) is 4.27. The highest BCUT2D eigenvalue weighted by Crippen LogP contribution is 2.27. The van der Waals surface area contributed by atoms with Crippen LogP contribution in [0.2, 0.25) is 0 Å². The van der Waals surface area contributed by atoms with Crippen molar-refractivity contribution in [2.45, 2.75) is 0 Å². The highest BCUT2D eigenvalue weighted by atomic mass is 16.5. The van der Waals surface area contributed by atoms with Gasteiger partial charge in [0, 0.05) is 24.8 Å². The lowest BCUT2D eigenvalue weighted by atomic mass is 10.1. The summed E-state index contributed by atoms with van der Waals surface area (Å²) >= 11 is 0. The molecule has 2 aromatic heterocycles. The molecule has 0 bridgehead atoms. The van der Waals surface area contributed by atoms with Crippen molar-refractivity contribution < 1.29 is 4.74 Å². The molecule has 0 amide bonds. The van der Waals surface area contributed by atoms with E-state index in [-0.39, 0.29) is 0 Å². The first-order valence-electron chi connectivity index (χ1n) is 5.95. The van der Waals surface area contributed by atoms with Crippen molar-refractivity contribution in [1.82, 2.24) is 14.8 Å². The number of rotatable bonds is 3. The Labute approximate surface area is 110 Å². The Bertz CT molecular complexity index is 720. The van der Waals surface area contributed by atoms with Gasteiger partial charge in [0.25, 0.3) is 0 Å². The number of ether oxygens (including phenoxy) is 1. The summed E-state index contributed by atoms with van der Waals surface area (Å²) in [6.07, 6.45) is 5.45. The van der Waals surface area contributed by atoms with Gasteiger partial charge in [-0.05, 0) is 23.6 Å². The molecule has 5 nitrogen and oxygen atoms in total. The van der Waals surface area contributed by atoms with E-state index in [1.54, 1.807) is 24.2 Å². The van der Waals surface area contributed by atoms with E-state index in [9.17, 15) is 0 Å². The summed E-state index contributed by atoms with van der Waals surface area (Å²) < 4.78 is 7.00. The zero-order valence-electron chi connectivity index (χ0n) is 10.8. The minimum atomic E-state index is 0.796. The summed E-state index contributed by atoms with van der Waals surface area (Å²) in [5.41, 5.74) is 0.908. The number of methoxy groups -OCH3 is 1. The minimum absolute atomic E-state index is 0.796. The van der Waals surface area contributed by atoms with Crippen molar-refractivity contribution in [1.29, 1.82) is 0 Å². The zero-order chi connectivity index (χ0) is 13.2. The molecule has 0 saturated carbocycles. The Hall–Kier alpha value is -2.56. The van der Waals surface area contributed by atoms with Gasteiger partial charge in [0.15, 0.2) is 0 Å². The summed E-state index contributed by atoms with van der Waals surface area (Å²) in [6, 6.07) is 7.91. The van der Waals surface area contributed by atoms with E-state index in [2.05, 4.69) is 15.4 Å². The first-order chi connectivity index (χ1) is 9.26. The molecule has 1 N–H and O–H groups in total. The molecule has 0 fully saturated rings. The molecule has 96 valence electrons. The van der Waals surface area contributed by atoms with E-state index in [0.717, 1.165) is 28.0 Å². The number of aromatic nitrogens is 3. The molecule has 0 unspecified atom stereocenters. The molecule has 0 atom stereocenters. The Balaban J connectivity index is 2.06. The molecule has 0 spiro atoms. The number of anilines is 2. The molecular weight excluding hydrogens is 240 g/mol. The standard InChI is InChI=1S/C14H14N4O/c1-18-9-11(8-16-18)17-14-13-7-12(19-2)4-3-10(13)5-6-15-14/h3-9H,1-2H3,(H,15,17). The highest BCUT2D eigenvalue weighted by molar-refractivity contribution is 5.94. The van der Waals surface area contributed by atoms with Crippen LogP contribution in [-0.4, -0.2) is 21.9 Å². The zero-order valence-corrected chi connectivity index (χ0v) is 10.8. The minimum Gasteiger partial charge on any atom is -0.497 e. The summed E-state index contributed by atoms with van der Waals surface area (Å²) in [4.78, 5) is 4.38. The van der Waals surface area contributed by atoms with Crippen LogP contribution in [0.1, 0.15) is 0 Å². The Morgan fingerprint density at radius 3 is 2.89 bits per heavy atom. The lowest BCUT2D eigenvalue weighted by molar-refractivity contribution is 0.415. The third kappa shape index (κ3) is 2.22. The van der Waals surface area contributed by atoms with E-state index < -0.39 is 0 Å². The smallest absolute Gasteiger partial charge is 0.138 e. The van der Waals surface area contributed by atoms with Crippen LogP contribution < -0.4 is 10.1 Å². The van der Waals surface area contributed by atoms with Gasteiger partial charge >= 0.3 is 0 Å². The largest absolute Gasteiger partial charge is 0.497 e. The van der Waals surface area contributed by atoms with Crippen molar-refractivity contribution in [3.8, 4) is 5.75 Å². The number of fused-ring (bicyclic) bond motifs is 1. The predicted molar refractivity (Wildman–Crippen MR) is 74.8 cm³/mol. The Kier molecular flexibility index (Phi) is 2.79. The molecule has 3 rings (SSSR count). The maximum absolute atomic E-state index is 5.26. The first-order valence-corrected chi connectivity index (χ1v) is 5.95. The molecule has 19 heavy (non-hydrogen) atoms. The molecule has 5 heteroatoms. The van der Waals surface area contributed by atoms with Gasteiger partial charge in [0.2, 0.25) is 0 Å². The van der Waals surface area contributed by atoms with Gasteiger partial charge in [-0.3, -0.25) is 4.68 Å². The molecule has 0 aliphatic heterocycles. The summed E-state index contributed by atoms with van der Waals surface area (Å²) in [6.45, 7) is 0. The van der Waals surface area contributed by atoms with Crippen LogP contribution in [0.3, 0.4) is 0 Å². The van der Waals surface area contributed by atoms with Crippen LogP contribution in [0, 0.1) is 0 Å². The summed E-state index contributed by atoms with van der Waals surface area (Å²) in [7, 11) is 3.54. The Morgan fingerprint density at radius 2 is 2.16 bits per heavy atom. The number of pyridine rings is 1. The first kappa shape index (κ1) is 11.5. The van der Waals surface area contributed by atoms with Crippen molar-refractivity contribution >= 4 is 22.3 Å². The van der Waals surface area contributed by atoms with Crippen LogP contribution in [0.25, 0.3) is 10.8 Å². The quantitative estimate of drug-likeness (QED) is 0.780. The van der Waals surface area contributed by atoms with E-state index in [4.69, 9.17) is 4.74 Å². The van der Waals surface area contributed by atoms with Crippen molar-refractivity contribution in [3.63, 3.8) is 0 Å². The summed E-state index contributed by atoms with van der Waals surface area (Å²) in [5.74, 6) is 1.61. The van der Waals surface area contributed by atoms with Gasteiger partial charge in [-0.15, -0.1) is 0 Å². The molecule has 1 aromatic carbocycles. The lowest BCUT2D eigenvalue weighted by Gasteiger charge is -2.08. The number of benzene rings is 1. The maximum Gasteiger partial charge on any atom is 0.138 e. The van der Waals surface area contributed by atoms with Crippen molar-refractivity contribution in [2.75, 3.05) is 12.4 Å². The highest BCUT2D eigenvalue weighted by Gasteiger charge is 2.05. The third-order valence-corrected chi connectivity index (χ3v) is 2.94. The van der Waals surface area contributed by atoms with Crippen LogP contribution in [0.5, 0.6) is 5.75 Å². The topological polar surface area (TPSA) is 52.0 Å². The monoisotopic (exact) mass is 254 g/mol. The average Bonchev–Trinajstić information content (AvgIpc) is 2.84. The fourth-order valence-corrected chi connectivity index (χ4v) is 2.00. The normalized spacial score (nSPS) is 10.6. The van der Waals surface area contributed by atoms with Crippen molar-refractivity contribution in [3.05, 3.63) is 42.9 Å². The second kappa shape index (κ2) is 4.61. The fraction of sp³-hybridized carbons (Fsp3) is 0.143. The van der Waals surface area contributed by atoms with Crippen molar-refractivity contribution in [2.24, 2.45) is 7.05 Å². The number of nitrogens with zero attached hydrogens (tertiary/aromatic N) is 3. The SMILES string of the molecule is COc1ccc2ccnc(Nc3cnn(C)c3)c2c1. The average molecular weight is 254 g/mol. The number of hydrogen-bond donors (Lipinski definition) is 1. The molecule has 0 saturated heterocycles. The van der Waals surface area contributed by atoms with E-state index >= 15 is 0 Å². The van der Waals surface area contributed by atoms with Crippen LogP contribution in [-0.2, 0) is 7.05 Å². The molecule has 2 heterocycles. The third-order valence-electron chi connectivity index (χ3n) is 2.94. The van der Waals surface area contributed by atoms with Crippen LogP contribution in [0.15, 0.2) is 42.9 Å². The molecule has 0 aliphatic carbocycles. The van der Waals surface area contributed by atoms with Gasteiger partial charge in [-0.1, -0.05) is 6.07 Å². The molecule has 3 aromatic rings. The van der Waals surface area contributed by atoms with E-state index in [0.29, 0.717) is 0 Å². The van der Waals surface area contributed by atoms with Gasteiger partial charge in [0.05, 0.1) is 19.0 Å². The maximum atomic E-state index is 5.26. The fourth-order valence-electron chi connectivity index (χ4n) is 2.00. The van der Waals surface area contributed by atoms with Gasteiger partial charge in [0.1, 0.15) is 11.6 Å². The van der Waals surface area contributed by atoms with E-state index in [1.807, 2.05) is 37.5 Å². The number of nitrogens with one attached hydrogen (secondary N) is 1. The van der Waals surface area contributed by atoms with E-state index in [1.165, 1.54) is 0 Å². The van der Waals surface area contributed by atoms with Gasteiger partial charge in [-0.2, -0.15) is 5.10 Å². The molecule has 0 aliphatic rings. The van der Waals surface area contributed by atoms with Gasteiger partial charge < -0.3 is 10.1 Å². The number of aryl methyl sites for hydroxylation is 1. The molecule has 0 radical (unpaired) electrons. The number of hydrogen-bond acceptors (Lipinski definition) is 4. The van der Waals surface area contributed by atoms with Gasteiger partial charge in [-0.25, -0.2) is 4.98 Å². The second-order valence-corrected chi connectivity index (χ2v) is 4.27. The van der Waals surface area contributed by atoms with Crippen LogP contribution >= 0.6 is 0 Å². The molecular formula is C14H14N4O. The predicted octanol–water partition coefficient (Wildman–Crippen LogP) is 2.72. The summed E-state index contributed by atoms with van der Waals surface area (Å²) in [5, 5.41) is 9.53. The van der Waals surface area contributed by atoms with Crippen LogP contribution in [0.4, 0.5) is 11.5 Å². The Morgan fingerprint density at radius 1 is 1.26 bits per heavy atom.